The van der Waals surface area contributed by atoms with E-state index < -0.39 is 11.6 Å². The predicted molar refractivity (Wildman–Crippen MR) is 101 cm³/mol. The van der Waals surface area contributed by atoms with Crippen molar-refractivity contribution in [1.29, 1.82) is 0 Å². The standard InChI is InChI=1S/C21H26F2N4O/c22-18-5-1-4-17(20(18)23)14-25-10-2-7-21(15-25)8-13-26(16-21)19(28)6-12-27-11-3-9-24-27/h1,3-5,9,11H,2,6-8,10,12-16H2. The number of hydrogen-bond donors (Lipinski definition) is 0. The molecule has 2 aromatic rings. The molecule has 3 heterocycles. The Kier molecular flexibility index (Phi) is 5.44. The largest absolute Gasteiger partial charge is 0.342 e. The average molecular weight is 388 g/mol. The first kappa shape index (κ1) is 19.1. The normalized spacial score (nSPS) is 22.9. The number of amides is 1. The highest BCUT2D eigenvalue weighted by molar-refractivity contribution is 5.76. The summed E-state index contributed by atoms with van der Waals surface area (Å²) in [4.78, 5) is 16.8. The Morgan fingerprint density at radius 1 is 1.14 bits per heavy atom. The minimum atomic E-state index is -0.793. The third-order valence-electron chi connectivity index (χ3n) is 6.07. The zero-order chi connectivity index (χ0) is 19.6. The number of nitrogens with zero attached hydrogens (tertiary/aromatic N) is 4. The number of halogens is 2. The van der Waals surface area contributed by atoms with E-state index in [2.05, 4.69) is 10.00 Å². The molecule has 150 valence electrons. The van der Waals surface area contributed by atoms with Gasteiger partial charge in [-0.1, -0.05) is 12.1 Å². The maximum Gasteiger partial charge on any atom is 0.224 e. The molecule has 5 nitrogen and oxygen atoms in total. The second-order valence-corrected chi connectivity index (χ2v) is 8.11. The predicted octanol–water partition coefficient (Wildman–Crippen LogP) is 3.07. The van der Waals surface area contributed by atoms with Gasteiger partial charge in [-0.05, 0) is 37.9 Å². The van der Waals surface area contributed by atoms with Crippen LogP contribution >= 0.6 is 0 Å². The Bertz CT molecular complexity index is 826. The lowest BCUT2D eigenvalue weighted by molar-refractivity contribution is -0.131. The lowest BCUT2D eigenvalue weighted by atomic mass is 9.79. The van der Waals surface area contributed by atoms with Crippen molar-refractivity contribution in [2.45, 2.75) is 38.8 Å². The van der Waals surface area contributed by atoms with Crippen LogP contribution in [-0.2, 0) is 17.9 Å². The van der Waals surface area contributed by atoms with Gasteiger partial charge in [0.2, 0.25) is 5.91 Å². The van der Waals surface area contributed by atoms with E-state index in [0.29, 0.717) is 25.1 Å². The molecular formula is C21H26F2N4O. The molecule has 2 aliphatic heterocycles. The van der Waals surface area contributed by atoms with Crippen LogP contribution in [-0.4, -0.2) is 51.7 Å². The Labute approximate surface area is 163 Å². The van der Waals surface area contributed by atoms with Gasteiger partial charge in [0.25, 0.3) is 0 Å². The van der Waals surface area contributed by atoms with Crippen molar-refractivity contribution in [2.75, 3.05) is 26.2 Å². The van der Waals surface area contributed by atoms with E-state index in [-0.39, 0.29) is 11.3 Å². The van der Waals surface area contributed by atoms with Gasteiger partial charge < -0.3 is 4.90 Å². The van der Waals surface area contributed by atoms with E-state index in [1.54, 1.807) is 23.0 Å². The molecule has 28 heavy (non-hydrogen) atoms. The molecule has 7 heteroatoms. The van der Waals surface area contributed by atoms with Crippen molar-refractivity contribution in [2.24, 2.45) is 5.41 Å². The van der Waals surface area contributed by atoms with Gasteiger partial charge in [-0.2, -0.15) is 5.10 Å². The van der Waals surface area contributed by atoms with Crippen molar-refractivity contribution < 1.29 is 13.6 Å². The van der Waals surface area contributed by atoms with E-state index in [4.69, 9.17) is 0 Å². The van der Waals surface area contributed by atoms with Crippen molar-refractivity contribution in [3.63, 3.8) is 0 Å². The highest BCUT2D eigenvalue weighted by Crippen LogP contribution is 2.39. The Morgan fingerprint density at radius 3 is 2.86 bits per heavy atom. The van der Waals surface area contributed by atoms with Crippen LogP contribution in [0.3, 0.4) is 0 Å². The third-order valence-corrected chi connectivity index (χ3v) is 6.07. The van der Waals surface area contributed by atoms with Gasteiger partial charge in [0.05, 0.1) is 0 Å². The summed E-state index contributed by atoms with van der Waals surface area (Å²) in [5.74, 6) is -1.37. The summed E-state index contributed by atoms with van der Waals surface area (Å²) >= 11 is 0. The number of benzene rings is 1. The Hall–Kier alpha value is -2.28. The summed E-state index contributed by atoms with van der Waals surface area (Å²) in [6.07, 6.45) is 7.11. The van der Waals surface area contributed by atoms with E-state index in [1.807, 2.05) is 17.2 Å². The van der Waals surface area contributed by atoms with Gasteiger partial charge in [0.15, 0.2) is 11.6 Å². The van der Waals surface area contributed by atoms with Crippen LogP contribution in [0.1, 0.15) is 31.2 Å². The number of likely N-dealkylation sites (tertiary alicyclic amines) is 2. The number of aromatic nitrogens is 2. The summed E-state index contributed by atoms with van der Waals surface area (Å²) in [5.41, 5.74) is 0.478. The van der Waals surface area contributed by atoms with Gasteiger partial charge in [0, 0.05) is 62.5 Å². The van der Waals surface area contributed by atoms with Crippen molar-refractivity contribution in [1.82, 2.24) is 19.6 Å². The fraction of sp³-hybridized carbons (Fsp3) is 0.524. The Morgan fingerprint density at radius 2 is 2.04 bits per heavy atom. The number of carbonyl (C=O) groups is 1. The van der Waals surface area contributed by atoms with E-state index in [0.717, 1.165) is 51.5 Å². The fourth-order valence-corrected chi connectivity index (χ4v) is 4.64. The number of carbonyl (C=O) groups excluding carboxylic acids is 1. The molecule has 4 rings (SSSR count). The maximum atomic E-state index is 14.0. The van der Waals surface area contributed by atoms with Crippen molar-refractivity contribution in [3.8, 4) is 0 Å². The fourth-order valence-electron chi connectivity index (χ4n) is 4.64. The van der Waals surface area contributed by atoms with E-state index in [9.17, 15) is 13.6 Å². The van der Waals surface area contributed by atoms with Crippen LogP contribution in [0.2, 0.25) is 0 Å². The molecule has 1 aromatic heterocycles. The van der Waals surface area contributed by atoms with Gasteiger partial charge in [-0.15, -0.1) is 0 Å². The first-order chi connectivity index (χ1) is 13.5. The molecule has 1 atom stereocenters. The average Bonchev–Trinajstić information content (AvgIpc) is 3.34. The molecule has 2 saturated heterocycles. The molecule has 2 aliphatic rings. The number of rotatable bonds is 5. The van der Waals surface area contributed by atoms with Crippen LogP contribution in [0, 0.1) is 17.0 Å². The SMILES string of the molecule is O=C(CCn1cccn1)N1CCC2(CCCN(Cc3cccc(F)c3F)C2)C1. The maximum absolute atomic E-state index is 14.0. The van der Waals surface area contributed by atoms with Crippen LogP contribution in [0.5, 0.6) is 0 Å². The van der Waals surface area contributed by atoms with Crippen LogP contribution in [0.15, 0.2) is 36.7 Å². The summed E-state index contributed by atoms with van der Waals surface area (Å²) in [6, 6.07) is 6.22. The first-order valence-corrected chi connectivity index (χ1v) is 9.95. The monoisotopic (exact) mass is 388 g/mol. The lowest BCUT2D eigenvalue weighted by Crippen LogP contribution is -2.45. The zero-order valence-electron chi connectivity index (χ0n) is 16.0. The molecule has 0 saturated carbocycles. The zero-order valence-corrected chi connectivity index (χ0v) is 16.0. The summed E-state index contributed by atoms with van der Waals surface area (Å²) in [7, 11) is 0. The van der Waals surface area contributed by atoms with E-state index >= 15 is 0 Å². The second-order valence-electron chi connectivity index (χ2n) is 8.11. The second kappa shape index (κ2) is 7.99. The molecule has 1 amide bonds. The van der Waals surface area contributed by atoms with Crippen LogP contribution in [0.25, 0.3) is 0 Å². The third kappa shape index (κ3) is 4.09. The quantitative estimate of drug-likeness (QED) is 0.791. The summed E-state index contributed by atoms with van der Waals surface area (Å²) < 4.78 is 29.3. The summed E-state index contributed by atoms with van der Waals surface area (Å²) in [6.45, 7) is 4.25. The molecule has 0 N–H and O–H groups in total. The topological polar surface area (TPSA) is 41.4 Å². The minimum Gasteiger partial charge on any atom is -0.342 e. The molecule has 2 fully saturated rings. The van der Waals surface area contributed by atoms with Gasteiger partial charge in [0.1, 0.15) is 0 Å². The first-order valence-electron chi connectivity index (χ1n) is 9.95. The van der Waals surface area contributed by atoms with Crippen molar-refractivity contribution in [3.05, 3.63) is 53.9 Å². The highest BCUT2D eigenvalue weighted by atomic mass is 19.2. The highest BCUT2D eigenvalue weighted by Gasteiger charge is 2.42. The number of aryl methyl sites for hydroxylation is 1. The summed E-state index contributed by atoms with van der Waals surface area (Å²) in [5, 5.41) is 4.14. The minimum absolute atomic E-state index is 0.0728. The number of piperidine rings is 1. The van der Waals surface area contributed by atoms with Gasteiger partial charge >= 0.3 is 0 Å². The Balaban J connectivity index is 1.34. The molecule has 1 spiro atoms. The number of hydrogen-bond acceptors (Lipinski definition) is 3. The molecule has 1 unspecified atom stereocenters. The molecular weight excluding hydrogens is 362 g/mol. The van der Waals surface area contributed by atoms with Crippen LogP contribution in [0.4, 0.5) is 8.78 Å². The molecule has 1 aromatic carbocycles. The molecule has 0 bridgehead atoms. The molecule has 0 aliphatic carbocycles. The van der Waals surface area contributed by atoms with Crippen LogP contribution < -0.4 is 0 Å². The lowest BCUT2D eigenvalue weighted by Gasteiger charge is -2.40. The molecule has 0 radical (unpaired) electrons. The van der Waals surface area contributed by atoms with E-state index in [1.165, 1.54) is 0 Å². The van der Waals surface area contributed by atoms with Crippen molar-refractivity contribution >= 4 is 5.91 Å². The van der Waals surface area contributed by atoms with Gasteiger partial charge in [-0.3, -0.25) is 14.4 Å². The van der Waals surface area contributed by atoms with Gasteiger partial charge in [-0.25, -0.2) is 8.78 Å². The smallest absolute Gasteiger partial charge is 0.224 e.